The van der Waals surface area contributed by atoms with Crippen LogP contribution in [-0.4, -0.2) is 23.5 Å². The summed E-state index contributed by atoms with van der Waals surface area (Å²) in [5.41, 5.74) is 2.06. The van der Waals surface area contributed by atoms with E-state index in [1.807, 2.05) is 36.5 Å². The zero-order chi connectivity index (χ0) is 15.2. The molecule has 7 heteroatoms. The smallest absolute Gasteiger partial charge is 0.241 e. The van der Waals surface area contributed by atoms with Crippen LogP contribution >= 0.6 is 36.6 Å². The average Bonchev–Trinajstić information content (AvgIpc) is 3.10. The monoisotopic (exact) mass is 385 g/mol. The van der Waals surface area contributed by atoms with Gasteiger partial charge in [0.25, 0.3) is 0 Å². The van der Waals surface area contributed by atoms with E-state index >= 15 is 0 Å². The molecule has 0 radical (unpaired) electrons. The van der Waals surface area contributed by atoms with E-state index in [2.05, 4.69) is 21.7 Å². The summed E-state index contributed by atoms with van der Waals surface area (Å²) in [4.78, 5) is 17.3. The third-order valence-corrected chi connectivity index (χ3v) is 4.71. The lowest BCUT2D eigenvalue weighted by Gasteiger charge is -2.11. The lowest BCUT2D eigenvalue weighted by atomic mass is 10.2. The first kappa shape index (κ1) is 20.8. The summed E-state index contributed by atoms with van der Waals surface area (Å²) < 4.78 is 0. The largest absolute Gasteiger partial charge is 0.325 e. The van der Waals surface area contributed by atoms with Crippen molar-refractivity contribution in [2.24, 2.45) is 0 Å². The van der Waals surface area contributed by atoms with Gasteiger partial charge in [0.15, 0.2) is 0 Å². The molecule has 2 heterocycles. The number of aromatic nitrogens is 1. The molecule has 1 saturated heterocycles. The SMILES string of the molecule is Cl.Cl.O=C(Nc1ccc(SCc2cccnc2)cc1)[C@@H]1CCCN1. The van der Waals surface area contributed by atoms with E-state index in [-0.39, 0.29) is 36.8 Å². The number of thioether (sulfide) groups is 1. The van der Waals surface area contributed by atoms with E-state index in [1.165, 1.54) is 10.5 Å². The molecule has 0 bridgehead atoms. The zero-order valence-electron chi connectivity index (χ0n) is 13.1. The van der Waals surface area contributed by atoms with Gasteiger partial charge >= 0.3 is 0 Å². The van der Waals surface area contributed by atoms with Gasteiger partial charge in [-0.25, -0.2) is 0 Å². The fourth-order valence-corrected chi connectivity index (χ4v) is 3.26. The summed E-state index contributed by atoms with van der Waals surface area (Å²) in [6, 6.07) is 12.0. The highest BCUT2D eigenvalue weighted by atomic mass is 35.5. The second-order valence-corrected chi connectivity index (χ2v) is 6.36. The minimum absolute atomic E-state index is 0. The van der Waals surface area contributed by atoms with E-state index in [4.69, 9.17) is 0 Å². The third-order valence-electron chi connectivity index (χ3n) is 3.63. The summed E-state index contributed by atoms with van der Waals surface area (Å²) in [7, 11) is 0. The zero-order valence-corrected chi connectivity index (χ0v) is 15.6. The van der Waals surface area contributed by atoms with E-state index in [1.54, 1.807) is 18.0 Å². The molecule has 0 unspecified atom stereocenters. The maximum Gasteiger partial charge on any atom is 0.241 e. The van der Waals surface area contributed by atoms with Crippen molar-refractivity contribution in [3.8, 4) is 0 Å². The minimum Gasteiger partial charge on any atom is -0.325 e. The maximum atomic E-state index is 12.0. The standard InChI is InChI=1S/C17H19N3OS.2ClH/c21-17(16-4-2-10-19-16)20-14-5-7-15(8-6-14)22-12-13-3-1-9-18-11-13;;/h1,3,5-9,11,16,19H,2,4,10,12H2,(H,20,21);2*1H/t16-;;/m0../s1. The molecule has 1 amide bonds. The van der Waals surface area contributed by atoms with E-state index in [9.17, 15) is 4.79 Å². The lowest BCUT2D eigenvalue weighted by Crippen LogP contribution is -2.35. The topological polar surface area (TPSA) is 54.0 Å². The Morgan fingerprint density at radius 1 is 1.25 bits per heavy atom. The summed E-state index contributed by atoms with van der Waals surface area (Å²) in [5, 5.41) is 6.17. The first-order valence-electron chi connectivity index (χ1n) is 7.47. The number of benzene rings is 1. The molecule has 1 atom stereocenters. The Balaban J connectivity index is 0.00000144. The predicted molar refractivity (Wildman–Crippen MR) is 104 cm³/mol. The van der Waals surface area contributed by atoms with Crippen LogP contribution in [0.3, 0.4) is 0 Å². The molecule has 1 fully saturated rings. The van der Waals surface area contributed by atoms with Gasteiger partial charge in [-0.15, -0.1) is 36.6 Å². The van der Waals surface area contributed by atoms with Crippen LogP contribution in [0.4, 0.5) is 5.69 Å². The minimum atomic E-state index is -0.0420. The summed E-state index contributed by atoms with van der Waals surface area (Å²) >= 11 is 1.76. The van der Waals surface area contributed by atoms with Crippen molar-refractivity contribution in [1.29, 1.82) is 0 Å². The molecule has 0 saturated carbocycles. The first-order valence-corrected chi connectivity index (χ1v) is 8.46. The van der Waals surface area contributed by atoms with Crippen LogP contribution in [0.2, 0.25) is 0 Å². The Bertz CT molecular complexity index is 619. The molecule has 130 valence electrons. The number of amides is 1. The molecule has 1 aliphatic rings. The van der Waals surface area contributed by atoms with Gasteiger partial charge < -0.3 is 10.6 Å². The van der Waals surface area contributed by atoms with E-state index in [0.717, 1.165) is 30.8 Å². The van der Waals surface area contributed by atoms with Crippen LogP contribution in [0, 0.1) is 0 Å². The van der Waals surface area contributed by atoms with Gasteiger partial charge in [0, 0.05) is 28.7 Å². The van der Waals surface area contributed by atoms with E-state index in [0.29, 0.717) is 0 Å². The average molecular weight is 386 g/mol. The highest BCUT2D eigenvalue weighted by molar-refractivity contribution is 7.98. The van der Waals surface area contributed by atoms with Gasteiger partial charge in [-0.3, -0.25) is 9.78 Å². The molecule has 24 heavy (non-hydrogen) atoms. The molecule has 3 rings (SSSR count). The fraction of sp³-hybridized carbons (Fsp3) is 0.294. The maximum absolute atomic E-state index is 12.0. The van der Waals surface area contributed by atoms with Crippen molar-refractivity contribution in [3.05, 3.63) is 54.4 Å². The highest BCUT2D eigenvalue weighted by Gasteiger charge is 2.21. The molecule has 2 N–H and O–H groups in total. The van der Waals surface area contributed by atoms with Gasteiger partial charge in [-0.05, 0) is 55.3 Å². The molecule has 1 aromatic carbocycles. The first-order chi connectivity index (χ1) is 10.8. The van der Waals surface area contributed by atoms with Crippen molar-refractivity contribution in [1.82, 2.24) is 10.3 Å². The van der Waals surface area contributed by atoms with Crippen LogP contribution in [-0.2, 0) is 10.5 Å². The number of carbonyl (C=O) groups is 1. The summed E-state index contributed by atoms with van der Waals surface area (Å²) in [6.07, 6.45) is 5.66. The van der Waals surface area contributed by atoms with Crippen molar-refractivity contribution >= 4 is 48.2 Å². The van der Waals surface area contributed by atoms with E-state index < -0.39 is 0 Å². The van der Waals surface area contributed by atoms with Crippen LogP contribution in [0.25, 0.3) is 0 Å². The Kier molecular flexibility index (Phi) is 9.14. The Morgan fingerprint density at radius 2 is 2.04 bits per heavy atom. The summed E-state index contributed by atoms with van der Waals surface area (Å²) in [6.45, 7) is 0.933. The second-order valence-electron chi connectivity index (χ2n) is 5.31. The van der Waals surface area contributed by atoms with Crippen LogP contribution < -0.4 is 10.6 Å². The number of halogens is 2. The molecule has 0 spiro atoms. The van der Waals surface area contributed by atoms with Crippen LogP contribution in [0.1, 0.15) is 18.4 Å². The lowest BCUT2D eigenvalue weighted by molar-refractivity contribution is -0.117. The van der Waals surface area contributed by atoms with Crippen LogP contribution in [0.5, 0.6) is 0 Å². The van der Waals surface area contributed by atoms with Crippen molar-refractivity contribution in [2.45, 2.75) is 29.5 Å². The molecule has 1 aromatic heterocycles. The van der Waals surface area contributed by atoms with Crippen molar-refractivity contribution < 1.29 is 4.79 Å². The van der Waals surface area contributed by atoms with Gasteiger partial charge in [0.2, 0.25) is 5.91 Å². The molecule has 0 aliphatic carbocycles. The predicted octanol–water partition coefficient (Wildman–Crippen LogP) is 3.91. The molecule has 4 nitrogen and oxygen atoms in total. The van der Waals surface area contributed by atoms with Crippen molar-refractivity contribution in [2.75, 3.05) is 11.9 Å². The number of pyridine rings is 1. The number of carbonyl (C=O) groups excluding carboxylic acids is 1. The number of rotatable bonds is 5. The number of hydrogen-bond acceptors (Lipinski definition) is 4. The number of nitrogens with zero attached hydrogens (tertiary/aromatic N) is 1. The van der Waals surface area contributed by atoms with Gasteiger partial charge in [0.05, 0.1) is 6.04 Å². The quantitative estimate of drug-likeness (QED) is 0.766. The second kappa shape index (κ2) is 10.6. The van der Waals surface area contributed by atoms with Crippen LogP contribution in [0.15, 0.2) is 53.7 Å². The van der Waals surface area contributed by atoms with Crippen molar-refractivity contribution in [3.63, 3.8) is 0 Å². The Labute approximate surface area is 159 Å². The summed E-state index contributed by atoms with van der Waals surface area (Å²) in [5.74, 6) is 0.958. The number of nitrogens with one attached hydrogen (secondary N) is 2. The molecular weight excluding hydrogens is 365 g/mol. The molecule has 2 aromatic rings. The molecule has 1 aliphatic heterocycles. The van der Waals surface area contributed by atoms with Gasteiger partial charge in [-0.1, -0.05) is 6.07 Å². The Morgan fingerprint density at radius 3 is 2.67 bits per heavy atom. The normalized spacial score (nSPS) is 15.9. The fourth-order valence-electron chi connectivity index (χ4n) is 2.42. The highest BCUT2D eigenvalue weighted by Crippen LogP contribution is 2.24. The number of anilines is 1. The van der Waals surface area contributed by atoms with Gasteiger partial charge in [0.1, 0.15) is 0 Å². The third kappa shape index (κ3) is 5.98. The van der Waals surface area contributed by atoms with Gasteiger partial charge in [-0.2, -0.15) is 0 Å². The molecular formula is C17H21Cl2N3OS. The Hall–Kier alpha value is -1.27. The number of hydrogen-bond donors (Lipinski definition) is 2.